The number of hydrogen-bond acceptors (Lipinski definition) is 2. The lowest BCUT2D eigenvalue weighted by atomic mass is 9.66. The summed E-state index contributed by atoms with van der Waals surface area (Å²) in [5.74, 6) is -0.215. The largest absolute Gasteiger partial charge is 0.330 e. The highest BCUT2D eigenvalue weighted by atomic mass is 19.1. The number of aromatic nitrogens is 1. The van der Waals surface area contributed by atoms with Crippen LogP contribution in [0.5, 0.6) is 0 Å². The normalized spacial score (nSPS) is 19.5. The van der Waals surface area contributed by atoms with Gasteiger partial charge in [-0.25, -0.2) is 4.39 Å². The van der Waals surface area contributed by atoms with Crippen LogP contribution in [-0.2, 0) is 5.41 Å². The second-order valence-electron chi connectivity index (χ2n) is 3.67. The van der Waals surface area contributed by atoms with Crippen molar-refractivity contribution in [3.63, 3.8) is 0 Å². The Morgan fingerprint density at radius 3 is 2.77 bits per heavy atom. The standard InChI is InChI=1S/C10H13FN2/c11-8-3-1-6-13-9(8)10(7-12)4-2-5-10/h1,3,6H,2,4-5,7,12H2. The molecule has 1 aliphatic carbocycles. The molecule has 70 valence electrons. The van der Waals surface area contributed by atoms with E-state index < -0.39 is 0 Å². The van der Waals surface area contributed by atoms with E-state index in [1.807, 2.05) is 0 Å². The van der Waals surface area contributed by atoms with E-state index in [-0.39, 0.29) is 11.2 Å². The molecule has 2 rings (SSSR count). The van der Waals surface area contributed by atoms with Crippen LogP contribution in [0.15, 0.2) is 18.3 Å². The first kappa shape index (κ1) is 8.63. The van der Waals surface area contributed by atoms with E-state index in [2.05, 4.69) is 4.98 Å². The third-order valence-electron chi connectivity index (χ3n) is 2.96. The van der Waals surface area contributed by atoms with E-state index in [0.717, 1.165) is 19.3 Å². The monoisotopic (exact) mass is 180 g/mol. The van der Waals surface area contributed by atoms with Gasteiger partial charge in [0.15, 0.2) is 0 Å². The Hall–Kier alpha value is -0.960. The van der Waals surface area contributed by atoms with Crippen LogP contribution in [0.4, 0.5) is 4.39 Å². The highest BCUT2D eigenvalue weighted by molar-refractivity contribution is 5.22. The second kappa shape index (κ2) is 3.07. The topological polar surface area (TPSA) is 38.9 Å². The van der Waals surface area contributed by atoms with Crippen LogP contribution < -0.4 is 5.73 Å². The van der Waals surface area contributed by atoms with Crippen molar-refractivity contribution in [1.82, 2.24) is 4.98 Å². The summed E-state index contributed by atoms with van der Waals surface area (Å²) in [5, 5.41) is 0. The van der Waals surface area contributed by atoms with Crippen molar-refractivity contribution in [1.29, 1.82) is 0 Å². The summed E-state index contributed by atoms with van der Waals surface area (Å²) in [4.78, 5) is 4.09. The highest BCUT2D eigenvalue weighted by Gasteiger charge is 2.40. The third kappa shape index (κ3) is 1.23. The van der Waals surface area contributed by atoms with E-state index >= 15 is 0 Å². The van der Waals surface area contributed by atoms with Gasteiger partial charge in [0.25, 0.3) is 0 Å². The molecule has 0 bridgehead atoms. The molecule has 1 heterocycles. The van der Waals surface area contributed by atoms with Crippen LogP contribution >= 0.6 is 0 Å². The predicted octanol–water partition coefficient (Wildman–Crippen LogP) is 1.60. The molecule has 1 aliphatic rings. The fourth-order valence-electron chi connectivity index (χ4n) is 1.92. The molecule has 1 aromatic rings. The van der Waals surface area contributed by atoms with Gasteiger partial charge in [-0.3, -0.25) is 4.98 Å². The summed E-state index contributed by atoms with van der Waals surface area (Å²) < 4.78 is 13.4. The minimum Gasteiger partial charge on any atom is -0.330 e. The van der Waals surface area contributed by atoms with Crippen molar-refractivity contribution in [3.8, 4) is 0 Å². The summed E-state index contributed by atoms with van der Waals surface area (Å²) in [6, 6.07) is 3.07. The van der Waals surface area contributed by atoms with Gasteiger partial charge in [-0.1, -0.05) is 6.42 Å². The molecular weight excluding hydrogens is 167 g/mol. The summed E-state index contributed by atoms with van der Waals surface area (Å²) in [6.45, 7) is 0.501. The Morgan fingerprint density at radius 2 is 2.31 bits per heavy atom. The molecule has 0 saturated heterocycles. The van der Waals surface area contributed by atoms with Crippen LogP contribution in [0.25, 0.3) is 0 Å². The van der Waals surface area contributed by atoms with Crippen LogP contribution in [0.2, 0.25) is 0 Å². The molecule has 2 nitrogen and oxygen atoms in total. The average molecular weight is 180 g/mol. The second-order valence-corrected chi connectivity index (χ2v) is 3.67. The summed E-state index contributed by atoms with van der Waals surface area (Å²) in [5.41, 5.74) is 6.06. The van der Waals surface area contributed by atoms with Gasteiger partial charge >= 0.3 is 0 Å². The van der Waals surface area contributed by atoms with Gasteiger partial charge in [0, 0.05) is 18.2 Å². The van der Waals surface area contributed by atoms with Crippen LogP contribution in [0.1, 0.15) is 25.0 Å². The van der Waals surface area contributed by atoms with Gasteiger partial charge < -0.3 is 5.73 Å². The van der Waals surface area contributed by atoms with Gasteiger partial charge in [-0.15, -0.1) is 0 Å². The molecule has 0 radical (unpaired) electrons. The predicted molar refractivity (Wildman–Crippen MR) is 48.8 cm³/mol. The number of nitrogens with two attached hydrogens (primary N) is 1. The zero-order valence-electron chi connectivity index (χ0n) is 7.46. The van der Waals surface area contributed by atoms with Crippen molar-refractivity contribution >= 4 is 0 Å². The van der Waals surface area contributed by atoms with Gasteiger partial charge in [0.05, 0.1) is 5.69 Å². The van der Waals surface area contributed by atoms with E-state index in [0.29, 0.717) is 12.2 Å². The maximum absolute atomic E-state index is 13.4. The van der Waals surface area contributed by atoms with Crippen LogP contribution in [0.3, 0.4) is 0 Å². The first-order valence-corrected chi connectivity index (χ1v) is 4.60. The molecule has 0 amide bonds. The Labute approximate surface area is 77.0 Å². The number of hydrogen-bond donors (Lipinski definition) is 1. The summed E-state index contributed by atoms with van der Waals surface area (Å²) >= 11 is 0. The van der Waals surface area contributed by atoms with E-state index in [9.17, 15) is 4.39 Å². The summed E-state index contributed by atoms with van der Waals surface area (Å²) in [6.07, 6.45) is 4.70. The fourth-order valence-corrected chi connectivity index (χ4v) is 1.92. The first-order chi connectivity index (χ1) is 6.28. The van der Waals surface area contributed by atoms with Gasteiger partial charge in [-0.05, 0) is 25.0 Å². The molecular formula is C10H13FN2. The SMILES string of the molecule is NCC1(c2ncccc2F)CCC1. The zero-order chi connectivity index (χ0) is 9.31. The molecule has 1 saturated carbocycles. The molecule has 1 aromatic heterocycles. The molecule has 0 unspecified atom stereocenters. The number of nitrogens with zero attached hydrogens (tertiary/aromatic N) is 1. The Kier molecular flexibility index (Phi) is 2.04. The fraction of sp³-hybridized carbons (Fsp3) is 0.500. The Balaban J connectivity index is 2.38. The summed E-state index contributed by atoms with van der Waals surface area (Å²) in [7, 11) is 0. The number of rotatable bonds is 2. The average Bonchev–Trinajstić information content (AvgIpc) is 2.07. The molecule has 0 aliphatic heterocycles. The first-order valence-electron chi connectivity index (χ1n) is 4.60. The van der Waals surface area contributed by atoms with E-state index in [4.69, 9.17) is 5.73 Å². The van der Waals surface area contributed by atoms with Crippen LogP contribution in [0, 0.1) is 5.82 Å². The zero-order valence-corrected chi connectivity index (χ0v) is 7.46. The highest BCUT2D eigenvalue weighted by Crippen LogP contribution is 2.42. The lowest BCUT2D eigenvalue weighted by Gasteiger charge is -2.40. The van der Waals surface area contributed by atoms with Crippen molar-refractivity contribution in [2.75, 3.05) is 6.54 Å². The minimum absolute atomic E-state index is 0.161. The molecule has 0 atom stereocenters. The number of pyridine rings is 1. The van der Waals surface area contributed by atoms with Gasteiger partial charge in [0.2, 0.25) is 0 Å². The maximum Gasteiger partial charge on any atom is 0.145 e. The molecule has 0 spiro atoms. The van der Waals surface area contributed by atoms with Gasteiger partial charge in [0.1, 0.15) is 5.82 Å². The van der Waals surface area contributed by atoms with Crippen molar-refractivity contribution < 1.29 is 4.39 Å². The Bertz CT molecular complexity index is 302. The Morgan fingerprint density at radius 1 is 1.54 bits per heavy atom. The van der Waals surface area contributed by atoms with Gasteiger partial charge in [-0.2, -0.15) is 0 Å². The molecule has 0 aromatic carbocycles. The minimum atomic E-state index is -0.215. The maximum atomic E-state index is 13.4. The number of halogens is 1. The van der Waals surface area contributed by atoms with Crippen molar-refractivity contribution in [2.45, 2.75) is 24.7 Å². The van der Waals surface area contributed by atoms with Crippen molar-refractivity contribution in [3.05, 3.63) is 29.8 Å². The van der Waals surface area contributed by atoms with E-state index in [1.54, 1.807) is 12.3 Å². The lowest BCUT2D eigenvalue weighted by molar-refractivity contribution is 0.237. The smallest absolute Gasteiger partial charge is 0.145 e. The molecule has 13 heavy (non-hydrogen) atoms. The molecule has 2 N–H and O–H groups in total. The van der Waals surface area contributed by atoms with E-state index in [1.165, 1.54) is 6.07 Å². The third-order valence-corrected chi connectivity index (χ3v) is 2.96. The van der Waals surface area contributed by atoms with Crippen molar-refractivity contribution in [2.24, 2.45) is 5.73 Å². The van der Waals surface area contributed by atoms with Crippen LogP contribution in [-0.4, -0.2) is 11.5 Å². The molecule has 3 heteroatoms. The molecule has 1 fully saturated rings. The lowest BCUT2D eigenvalue weighted by Crippen LogP contribution is -2.43. The quantitative estimate of drug-likeness (QED) is 0.750.